The lowest BCUT2D eigenvalue weighted by molar-refractivity contribution is -0.140. The van der Waals surface area contributed by atoms with Crippen LogP contribution in [0.4, 0.5) is 0 Å². The Morgan fingerprint density at radius 1 is 1.16 bits per heavy atom. The van der Waals surface area contributed by atoms with Gasteiger partial charge in [-0.15, -0.1) is 0 Å². The van der Waals surface area contributed by atoms with Crippen LogP contribution in [-0.4, -0.2) is 36.5 Å². The van der Waals surface area contributed by atoms with Crippen molar-refractivity contribution in [3.8, 4) is 0 Å². The van der Waals surface area contributed by atoms with Crippen LogP contribution in [0.25, 0.3) is 0 Å². The molecule has 0 spiro atoms. The van der Waals surface area contributed by atoms with Crippen molar-refractivity contribution in [3.05, 3.63) is 0 Å². The number of hydrogen-bond acceptors (Lipinski definition) is 3. The molecule has 19 heavy (non-hydrogen) atoms. The van der Waals surface area contributed by atoms with Crippen molar-refractivity contribution in [2.45, 2.75) is 44.9 Å². The van der Waals surface area contributed by atoms with Crippen molar-refractivity contribution < 1.29 is 14.3 Å². The molecular weight excluding hydrogens is 242 g/mol. The molecule has 4 heteroatoms. The molecule has 2 aliphatic heterocycles. The van der Waals surface area contributed by atoms with Crippen molar-refractivity contribution in [3.63, 3.8) is 0 Å². The second kappa shape index (κ2) is 5.51. The molecule has 1 aliphatic carbocycles. The number of hydrogen-bond donors (Lipinski definition) is 0. The third kappa shape index (κ3) is 2.93. The van der Waals surface area contributed by atoms with Crippen LogP contribution < -0.4 is 0 Å². The molecule has 2 saturated heterocycles. The summed E-state index contributed by atoms with van der Waals surface area (Å²) in [6.07, 6.45) is 7.76. The molecule has 0 N–H and O–H groups in total. The number of rotatable bonds is 3. The van der Waals surface area contributed by atoms with Gasteiger partial charge in [-0.25, -0.2) is 0 Å². The molecule has 0 aromatic carbocycles. The monoisotopic (exact) mass is 265 g/mol. The average molecular weight is 265 g/mol. The Bertz CT molecular complexity index is 356. The van der Waals surface area contributed by atoms with Crippen molar-refractivity contribution in [2.24, 2.45) is 17.8 Å². The van der Waals surface area contributed by atoms with E-state index in [2.05, 4.69) is 0 Å². The highest BCUT2D eigenvalue weighted by molar-refractivity contribution is 5.79. The summed E-state index contributed by atoms with van der Waals surface area (Å²) >= 11 is 0. The van der Waals surface area contributed by atoms with E-state index in [0.29, 0.717) is 19.4 Å². The predicted molar refractivity (Wildman–Crippen MR) is 70.3 cm³/mol. The molecule has 0 aromatic rings. The summed E-state index contributed by atoms with van der Waals surface area (Å²) in [5.74, 6) is 1.78. The van der Waals surface area contributed by atoms with Gasteiger partial charge in [-0.3, -0.25) is 9.59 Å². The Morgan fingerprint density at radius 2 is 1.89 bits per heavy atom. The first kappa shape index (κ1) is 12.9. The van der Waals surface area contributed by atoms with E-state index in [1.54, 1.807) is 0 Å². The molecule has 2 heterocycles. The van der Waals surface area contributed by atoms with Gasteiger partial charge in [-0.1, -0.05) is 32.1 Å². The zero-order valence-electron chi connectivity index (χ0n) is 11.5. The predicted octanol–water partition coefficient (Wildman–Crippen LogP) is 1.98. The number of ether oxygens (including phenoxy) is 1. The van der Waals surface area contributed by atoms with Gasteiger partial charge in [0.1, 0.15) is 0 Å². The van der Waals surface area contributed by atoms with Gasteiger partial charge in [-0.05, 0) is 11.8 Å². The number of nitrogens with zero attached hydrogens (tertiary/aromatic N) is 1. The van der Waals surface area contributed by atoms with Crippen LogP contribution in [0.2, 0.25) is 0 Å². The first-order valence-corrected chi connectivity index (χ1v) is 7.66. The lowest BCUT2D eigenvalue weighted by Gasteiger charge is -2.45. The van der Waals surface area contributed by atoms with Crippen LogP contribution in [0.5, 0.6) is 0 Å². The van der Waals surface area contributed by atoms with Gasteiger partial charge in [-0.2, -0.15) is 0 Å². The highest BCUT2D eigenvalue weighted by Gasteiger charge is 2.37. The molecule has 0 unspecified atom stereocenters. The Balaban J connectivity index is 1.40. The van der Waals surface area contributed by atoms with Crippen LogP contribution in [0.3, 0.4) is 0 Å². The summed E-state index contributed by atoms with van der Waals surface area (Å²) in [4.78, 5) is 25.0. The van der Waals surface area contributed by atoms with E-state index >= 15 is 0 Å². The first-order valence-electron chi connectivity index (χ1n) is 7.66. The smallest absolute Gasteiger partial charge is 0.306 e. The molecule has 4 nitrogen and oxygen atoms in total. The SMILES string of the molecule is O=C1C[C@H](CC(=O)N2CC(C3CCCCC3)C2)CO1. The molecule has 3 rings (SSSR count). The van der Waals surface area contributed by atoms with Crippen LogP contribution in [0, 0.1) is 17.8 Å². The normalized spacial score (nSPS) is 29.2. The maximum absolute atomic E-state index is 12.1. The van der Waals surface area contributed by atoms with E-state index in [1.165, 1.54) is 32.1 Å². The Labute approximate surface area is 114 Å². The lowest BCUT2D eigenvalue weighted by Crippen LogP contribution is -2.53. The Morgan fingerprint density at radius 3 is 2.53 bits per heavy atom. The third-order valence-corrected chi connectivity index (χ3v) is 4.98. The van der Waals surface area contributed by atoms with E-state index in [1.807, 2.05) is 4.90 Å². The highest BCUT2D eigenvalue weighted by atomic mass is 16.5. The molecule has 1 saturated carbocycles. The average Bonchev–Trinajstić information content (AvgIpc) is 2.74. The standard InChI is InChI=1S/C15H23NO3/c17-14(6-11-7-15(18)19-10-11)16-8-13(9-16)12-4-2-1-3-5-12/h11-13H,1-10H2/t11-/m0/s1. The highest BCUT2D eigenvalue weighted by Crippen LogP contribution is 2.35. The van der Waals surface area contributed by atoms with Gasteiger partial charge in [0.15, 0.2) is 0 Å². The number of likely N-dealkylation sites (tertiary alicyclic amines) is 1. The molecule has 3 aliphatic rings. The number of carbonyl (C=O) groups is 2. The molecular formula is C15H23NO3. The van der Waals surface area contributed by atoms with Gasteiger partial charge >= 0.3 is 5.97 Å². The van der Waals surface area contributed by atoms with Crippen molar-refractivity contribution in [1.82, 2.24) is 4.90 Å². The number of cyclic esters (lactones) is 1. The van der Waals surface area contributed by atoms with Crippen LogP contribution in [0.15, 0.2) is 0 Å². The van der Waals surface area contributed by atoms with E-state index in [9.17, 15) is 9.59 Å². The summed E-state index contributed by atoms with van der Waals surface area (Å²) < 4.78 is 4.90. The second-order valence-electron chi connectivity index (χ2n) is 6.41. The van der Waals surface area contributed by atoms with Gasteiger partial charge < -0.3 is 9.64 Å². The second-order valence-corrected chi connectivity index (χ2v) is 6.41. The van der Waals surface area contributed by atoms with E-state index in [-0.39, 0.29) is 17.8 Å². The first-order chi connectivity index (χ1) is 9.22. The van der Waals surface area contributed by atoms with E-state index < -0.39 is 0 Å². The number of amides is 1. The number of esters is 1. The molecule has 3 fully saturated rings. The van der Waals surface area contributed by atoms with Crippen molar-refractivity contribution in [1.29, 1.82) is 0 Å². The summed E-state index contributed by atoms with van der Waals surface area (Å²) in [5, 5.41) is 0. The Kier molecular flexibility index (Phi) is 3.76. The molecule has 106 valence electrons. The summed E-state index contributed by atoms with van der Waals surface area (Å²) in [6, 6.07) is 0. The van der Waals surface area contributed by atoms with E-state index in [0.717, 1.165) is 24.9 Å². The topological polar surface area (TPSA) is 46.6 Å². The van der Waals surface area contributed by atoms with E-state index in [4.69, 9.17) is 4.74 Å². The third-order valence-electron chi connectivity index (χ3n) is 4.98. The molecule has 0 radical (unpaired) electrons. The molecule has 0 aromatic heterocycles. The quantitative estimate of drug-likeness (QED) is 0.733. The van der Waals surface area contributed by atoms with Crippen molar-refractivity contribution in [2.75, 3.05) is 19.7 Å². The number of carbonyl (C=O) groups excluding carboxylic acids is 2. The summed E-state index contributed by atoms with van der Waals surface area (Å²) in [6.45, 7) is 2.33. The van der Waals surface area contributed by atoms with Gasteiger partial charge in [0.25, 0.3) is 0 Å². The van der Waals surface area contributed by atoms with Crippen LogP contribution in [-0.2, 0) is 14.3 Å². The minimum atomic E-state index is -0.151. The zero-order chi connectivity index (χ0) is 13.2. The van der Waals surface area contributed by atoms with Crippen molar-refractivity contribution >= 4 is 11.9 Å². The van der Waals surface area contributed by atoms with Crippen LogP contribution >= 0.6 is 0 Å². The molecule has 0 bridgehead atoms. The Hall–Kier alpha value is -1.06. The summed E-state index contributed by atoms with van der Waals surface area (Å²) in [7, 11) is 0. The van der Waals surface area contributed by atoms with Gasteiger partial charge in [0.2, 0.25) is 5.91 Å². The maximum atomic E-state index is 12.1. The summed E-state index contributed by atoms with van der Waals surface area (Å²) in [5.41, 5.74) is 0. The minimum Gasteiger partial charge on any atom is -0.465 e. The van der Waals surface area contributed by atoms with Crippen LogP contribution in [0.1, 0.15) is 44.9 Å². The molecule has 1 atom stereocenters. The lowest BCUT2D eigenvalue weighted by atomic mass is 9.76. The fraction of sp³-hybridized carbons (Fsp3) is 0.867. The van der Waals surface area contributed by atoms with Gasteiger partial charge in [0.05, 0.1) is 13.0 Å². The fourth-order valence-corrected chi connectivity index (χ4v) is 3.69. The zero-order valence-corrected chi connectivity index (χ0v) is 11.5. The maximum Gasteiger partial charge on any atom is 0.306 e. The molecule has 1 amide bonds. The largest absolute Gasteiger partial charge is 0.465 e. The fourth-order valence-electron chi connectivity index (χ4n) is 3.69. The van der Waals surface area contributed by atoms with Gasteiger partial charge in [0, 0.05) is 25.4 Å². The minimum absolute atomic E-state index is 0.119.